The van der Waals surface area contributed by atoms with Gasteiger partial charge in [-0.1, -0.05) is 0 Å². The van der Waals surface area contributed by atoms with Crippen molar-refractivity contribution in [1.29, 1.82) is 0 Å². The normalized spacial score (nSPS) is 31.1. The largest absolute Gasteiger partial charge is 0.370 e. The molecule has 2 rings (SSSR count). The van der Waals surface area contributed by atoms with E-state index >= 15 is 0 Å². The Hall–Kier alpha value is -0.580. The minimum Gasteiger partial charge on any atom is -0.370 e. The number of sulfone groups is 1. The van der Waals surface area contributed by atoms with Gasteiger partial charge in [-0.05, 0) is 19.3 Å². The molecule has 1 N–H and O–H groups in total. The van der Waals surface area contributed by atoms with Crippen LogP contribution in [0.25, 0.3) is 0 Å². The van der Waals surface area contributed by atoms with E-state index in [9.17, 15) is 8.42 Å². The van der Waals surface area contributed by atoms with Crippen LogP contribution in [0.4, 0.5) is 0 Å². The standard InChI is InChI=1S/C9H16N2O2S/c12-14(13)6-2-3-8(7-14)11-9-4-1-5-10-9/h8H,1-7H2,(H,10,11). The summed E-state index contributed by atoms with van der Waals surface area (Å²) < 4.78 is 22.7. The molecule has 0 amide bonds. The van der Waals surface area contributed by atoms with Crippen molar-refractivity contribution in [3.8, 4) is 0 Å². The summed E-state index contributed by atoms with van der Waals surface area (Å²) in [5, 5.41) is 3.24. The molecule has 0 bridgehead atoms. The van der Waals surface area contributed by atoms with Crippen LogP contribution in [-0.2, 0) is 9.84 Å². The topological polar surface area (TPSA) is 58.5 Å². The number of nitrogens with zero attached hydrogens (tertiary/aromatic N) is 1. The van der Waals surface area contributed by atoms with E-state index in [-0.39, 0.29) is 11.8 Å². The Kier molecular flexibility index (Phi) is 2.76. The lowest BCUT2D eigenvalue weighted by molar-refractivity contribution is 0.530. The third-order valence-corrected chi connectivity index (χ3v) is 4.53. The first-order chi connectivity index (χ1) is 6.66. The van der Waals surface area contributed by atoms with Gasteiger partial charge < -0.3 is 5.32 Å². The average molecular weight is 216 g/mol. The first-order valence-corrected chi connectivity index (χ1v) is 6.98. The average Bonchev–Trinajstić information content (AvgIpc) is 2.54. The van der Waals surface area contributed by atoms with Gasteiger partial charge in [0, 0.05) is 19.0 Å². The van der Waals surface area contributed by atoms with Gasteiger partial charge in [0.15, 0.2) is 9.84 Å². The second-order valence-corrected chi connectivity index (χ2v) is 6.26. The smallest absolute Gasteiger partial charge is 0.152 e. The lowest BCUT2D eigenvalue weighted by Gasteiger charge is -2.23. The summed E-state index contributed by atoms with van der Waals surface area (Å²) in [6.07, 6.45) is 3.82. The summed E-state index contributed by atoms with van der Waals surface area (Å²) in [7, 11) is -2.79. The van der Waals surface area contributed by atoms with Crippen LogP contribution in [0.1, 0.15) is 25.7 Å². The molecule has 0 aliphatic carbocycles. The van der Waals surface area contributed by atoms with Crippen LogP contribution in [0.15, 0.2) is 4.99 Å². The highest BCUT2D eigenvalue weighted by Gasteiger charge is 2.25. The Morgan fingerprint density at radius 1 is 1.36 bits per heavy atom. The predicted molar refractivity (Wildman–Crippen MR) is 56.3 cm³/mol. The highest BCUT2D eigenvalue weighted by molar-refractivity contribution is 7.91. The van der Waals surface area contributed by atoms with E-state index < -0.39 is 9.84 Å². The molecule has 1 atom stereocenters. The number of amidine groups is 1. The zero-order valence-electron chi connectivity index (χ0n) is 8.20. The van der Waals surface area contributed by atoms with Crippen molar-refractivity contribution in [1.82, 2.24) is 5.32 Å². The number of nitrogens with one attached hydrogen (secondary N) is 1. The molecule has 1 saturated heterocycles. The van der Waals surface area contributed by atoms with E-state index in [2.05, 4.69) is 10.3 Å². The van der Waals surface area contributed by atoms with Gasteiger partial charge in [0.1, 0.15) is 0 Å². The molecule has 0 aromatic heterocycles. The van der Waals surface area contributed by atoms with Gasteiger partial charge >= 0.3 is 0 Å². The molecule has 5 heteroatoms. The third-order valence-electron chi connectivity index (χ3n) is 2.71. The predicted octanol–water partition coefficient (Wildman–Crippen LogP) is 0.345. The molecule has 0 aromatic rings. The molecular formula is C9H16N2O2S. The first kappa shape index (κ1) is 9.96. The maximum absolute atomic E-state index is 11.4. The molecule has 2 aliphatic heterocycles. The van der Waals surface area contributed by atoms with Crippen LogP contribution in [0, 0.1) is 0 Å². The van der Waals surface area contributed by atoms with E-state index in [4.69, 9.17) is 0 Å². The van der Waals surface area contributed by atoms with Gasteiger partial charge in [0.25, 0.3) is 0 Å². The summed E-state index contributed by atoms with van der Waals surface area (Å²) in [4.78, 5) is 4.29. The maximum atomic E-state index is 11.4. The fourth-order valence-corrected chi connectivity index (χ4v) is 3.67. The van der Waals surface area contributed by atoms with Gasteiger partial charge in [-0.2, -0.15) is 0 Å². The summed E-state index contributed by atoms with van der Waals surface area (Å²) >= 11 is 0. The van der Waals surface area contributed by atoms with Gasteiger partial charge in [-0.15, -0.1) is 0 Å². The molecule has 2 aliphatic rings. The van der Waals surface area contributed by atoms with Crippen molar-refractivity contribution >= 4 is 15.7 Å². The van der Waals surface area contributed by atoms with Crippen LogP contribution < -0.4 is 5.32 Å². The number of aliphatic imine (C=N–C) groups is 1. The first-order valence-electron chi connectivity index (χ1n) is 5.16. The van der Waals surface area contributed by atoms with E-state index in [0.29, 0.717) is 5.75 Å². The fourth-order valence-electron chi connectivity index (χ4n) is 2.03. The van der Waals surface area contributed by atoms with Gasteiger partial charge in [0.2, 0.25) is 0 Å². The zero-order valence-corrected chi connectivity index (χ0v) is 9.02. The van der Waals surface area contributed by atoms with Crippen molar-refractivity contribution in [2.75, 3.05) is 18.1 Å². The summed E-state index contributed by atoms with van der Waals surface area (Å²) in [6, 6.07) is 0.102. The number of hydrogen-bond donors (Lipinski definition) is 1. The lowest BCUT2D eigenvalue weighted by Crippen LogP contribution is -2.42. The Morgan fingerprint density at radius 3 is 2.86 bits per heavy atom. The Labute approximate surface area is 84.7 Å². The molecule has 1 unspecified atom stereocenters. The zero-order chi connectivity index (χ0) is 10.0. The Morgan fingerprint density at radius 2 is 2.21 bits per heavy atom. The summed E-state index contributed by atoms with van der Waals surface area (Å²) in [5.74, 6) is 1.65. The molecule has 1 fully saturated rings. The molecule has 0 saturated carbocycles. The minimum absolute atomic E-state index is 0.102. The highest BCUT2D eigenvalue weighted by atomic mass is 32.2. The summed E-state index contributed by atoms with van der Waals surface area (Å²) in [5.41, 5.74) is 0. The van der Waals surface area contributed by atoms with Crippen LogP contribution in [0.2, 0.25) is 0 Å². The molecule has 0 spiro atoms. The highest BCUT2D eigenvalue weighted by Crippen LogP contribution is 2.13. The van der Waals surface area contributed by atoms with Crippen LogP contribution >= 0.6 is 0 Å². The van der Waals surface area contributed by atoms with Crippen molar-refractivity contribution in [3.63, 3.8) is 0 Å². The van der Waals surface area contributed by atoms with Crippen LogP contribution in [0.5, 0.6) is 0 Å². The van der Waals surface area contributed by atoms with Gasteiger partial charge in [-0.25, -0.2) is 8.42 Å². The molecule has 2 heterocycles. The van der Waals surface area contributed by atoms with E-state index in [1.54, 1.807) is 0 Å². The van der Waals surface area contributed by atoms with Crippen molar-refractivity contribution in [2.45, 2.75) is 31.7 Å². The van der Waals surface area contributed by atoms with Crippen molar-refractivity contribution < 1.29 is 8.42 Å². The van der Waals surface area contributed by atoms with E-state index in [1.807, 2.05) is 0 Å². The quantitative estimate of drug-likeness (QED) is 0.688. The van der Waals surface area contributed by atoms with E-state index in [0.717, 1.165) is 38.1 Å². The maximum Gasteiger partial charge on any atom is 0.152 e. The summed E-state index contributed by atoms with van der Waals surface area (Å²) in [6.45, 7) is 0.891. The van der Waals surface area contributed by atoms with Crippen LogP contribution in [0.3, 0.4) is 0 Å². The third kappa shape index (κ3) is 2.47. The molecule has 4 nitrogen and oxygen atoms in total. The fraction of sp³-hybridized carbons (Fsp3) is 0.889. The van der Waals surface area contributed by atoms with Crippen molar-refractivity contribution in [2.24, 2.45) is 4.99 Å². The number of hydrogen-bond acceptors (Lipinski definition) is 4. The number of rotatable bonds is 1. The lowest BCUT2D eigenvalue weighted by atomic mass is 10.2. The molecule has 0 radical (unpaired) electrons. The molecular weight excluding hydrogens is 200 g/mol. The second-order valence-electron chi connectivity index (χ2n) is 4.03. The monoisotopic (exact) mass is 216 g/mol. The van der Waals surface area contributed by atoms with Gasteiger partial charge in [0.05, 0.1) is 17.3 Å². The Bertz CT molecular complexity index is 335. The van der Waals surface area contributed by atoms with E-state index in [1.165, 1.54) is 0 Å². The SMILES string of the molecule is O=S1(=O)CCCC(NC2=NCCC2)C1. The molecule has 80 valence electrons. The molecule has 0 aromatic carbocycles. The minimum atomic E-state index is -2.79. The second kappa shape index (κ2) is 3.88. The van der Waals surface area contributed by atoms with Crippen molar-refractivity contribution in [3.05, 3.63) is 0 Å². The Balaban J connectivity index is 1.92. The van der Waals surface area contributed by atoms with Crippen LogP contribution in [-0.4, -0.2) is 38.3 Å². The molecule has 14 heavy (non-hydrogen) atoms. The van der Waals surface area contributed by atoms with Gasteiger partial charge in [-0.3, -0.25) is 4.99 Å².